The van der Waals surface area contributed by atoms with Crippen molar-refractivity contribution in [3.63, 3.8) is 0 Å². The molecular formula is C19H19ClN2O2. The predicted octanol–water partition coefficient (Wildman–Crippen LogP) is 2.28. The lowest BCUT2D eigenvalue weighted by Gasteiger charge is -2.26. The van der Waals surface area contributed by atoms with E-state index in [1.165, 1.54) is 11.1 Å². The molecule has 2 aromatic carbocycles. The zero-order valence-corrected chi connectivity index (χ0v) is 13.9. The van der Waals surface area contributed by atoms with Gasteiger partial charge < -0.3 is 15.4 Å². The Bertz CT molecular complexity index is 730. The fourth-order valence-electron chi connectivity index (χ4n) is 2.93. The summed E-state index contributed by atoms with van der Waals surface area (Å²) in [6.07, 6.45) is 1.87. The van der Waals surface area contributed by atoms with Gasteiger partial charge in [-0.2, -0.15) is 0 Å². The lowest BCUT2D eigenvalue weighted by molar-refractivity contribution is -0.126. The summed E-state index contributed by atoms with van der Waals surface area (Å²) >= 11 is 5.86. The summed E-state index contributed by atoms with van der Waals surface area (Å²) < 4.78 is 0. The molecular weight excluding hydrogens is 324 g/mol. The van der Waals surface area contributed by atoms with Crippen molar-refractivity contribution in [2.75, 3.05) is 0 Å². The maximum Gasteiger partial charge on any atom is 0.238 e. The van der Waals surface area contributed by atoms with Crippen molar-refractivity contribution in [3.05, 3.63) is 70.2 Å². The second-order valence-electron chi connectivity index (χ2n) is 5.99. The average molecular weight is 343 g/mol. The van der Waals surface area contributed by atoms with Gasteiger partial charge >= 0.3 is 0 Å². The number of aldehydes is 1. The van der Waals surface area contributed by atoms with Gasteiger partial charge in [0.1, 0.15) is 6.29 Å². The van der Waals surface area contributed by atoms with E-state index < -0.39 is 6.04 Å². The maximum absolute atomic E-state index is 12.5. The van der Waals surface area contributed by atoms with Crippen LogP contribution in [0.5, 0.6) is 0 Å². The molecule has 2 aromatic rings. The number of carbonyl (C=O) groups is 2. The number of carbonyl (C=O) groups excluding carboxylic acids is 2. The summed E-state index contributed by atoms with van der Waals surface area (Å²) in [4.78, 5) is 23.8. The summed E-state index contributed by atoms with van der Waals surface area (Å²) in [5.41, 5.74) is 3.35. The van der Waals surface area contributed by atoms with Gasteiger partial charge in [0.15, 0.2) is 0 Å². The Balaban J connectivity index is 1.61. The molecule has 5 heteroatoms. The van der Waals surface area contributed by atoms with Crippen LogP contribution in [-0.4, -0.2) is 24.3 Å². The van der Waals surface area contributed by atoms with E-state index in [2.05, 4.69) is 16.7 Å². The van der Waals surface area contributed by atoms with Gasteiger partial charge in [0.2, 0.25) is 5.91 Å². The van der Waals surface area contributed by atoms with Crippen LogP contribution < -0.4 is 10.6 Å². The lowest BCUT2D eigenvalue weighted by Crippen LogP contribution is -2.51. The summed E-state index contributed by atoms with van der Waals surface area (Å²) in [7, 11) is 0. The first kappa shape index (κ1) is 16.7. The molecule has 0 radical (unpaired) electrons. The van der Waals surface area contributed by atoms with Crippen LogP contribution in [0.2, 0.25) is 5.02 Å². The quantitative estimate of drug-likeness (QED) is 0.820. The molecule has 0 aliphatic carbocycles. The Hall–Kier alpha value is -2.17. The third-order valence-electron chi connectivity index (χ3n) is 4.26. The van der Waals surface area contributed by atoms with Gasteiger partial charge in [-0.05, 0) is 41.7 Å². The number of benzene rings is 2. The van der Waals surface area contributed by atoms with Crippen LogP contribution >= 0.6 is 11.6 Å². The van der Waals surface area contributed by atoms with Crippen molar-refractivity contribution in [2.24, 2.45) is 0 Å². The van der Waals surface area contributed by atoms with E-state index in [-0.39, 0.29) is 11.9 Å². The Morgan fingerprint density at radius 1 is 1.21 bits per heavy atom. The number of fused-ring (bicyclic) bond motifs is 1. The van der Waals surface area contributed by atoms with Gasteiger partial charge in [-0.15, -0.1) is 0 Å². The van der Waals surface area contributed by atoms with Crippen molar-refractivity contribution < 1.29 is 9.59 Å². The summed E-state index contributed by atoms with van der Waals surface area (Å²) in [5, 5.41) is 6.71. The number of halogens is 1. The number of hydrogen-bond acceptors (Lipinski definition) is 3. The van der Waals surface area contributed by atoms with E-state index in [1.807, 2.05) is 30.3 Å². The lowest BCUT2D eigenvalue weighted by atomic mass is 9.95. The maximum atomic E-state index is 12.5. The highest BCUT2D eigenvalue weighted by Crippen LogP contribution is 2.16. The van der Waals surface area contributed by atoms with Crippen LogP contribution in [-0.2, 0) is 29.0 Å². The van der Waals surface area contributed by atoms with E-state index in [9.17, 15) is 9.59 Å². The molecule has 0 fully saturated rings. The van der Waals surface area contributed by atoms with E-state index in [4.69, 9.17) is 11.6 Å². The molecule has 3 rings (SSSR count). The zero-order valence-electron chi connectivity index (χ0n) is 13.2. The second kappa shape index (κ2) is 7.60. The molecule has 0 saturated heterocycles. The molecule has 24 heavy (non-hydrogen) atoms. The molecule has 2 N–H and O–H groups in total. The summed E-state index contributed by atoms with van der Waals surface area (Å²) in [6.45, 7) is 0.664. The Morgan fingerprint density at radius 2 is 1.92 bits per heavy atom. The van der Waals surface area contributed by atoms with E-state index in [0.717, 1.165) is 11.8 Å². The van der Waals surface area contributed by atoms with Crippen LogP contribution in [0.15, 0.2) is 48.5 Å². The van der Waals surface area contributed by atoms with Crippen molar-refractivity contribution in [3.8, 4) is 0 Å². The molecule has 2 unspecified atom stereocenters. The zero-order chi connectivity index (χ0) is 16.9. The van der Waals surface area contributed by atoms with Gasteiger partial charge in [0.05, 0.1) is 12.1 Å². The summed E-state index contributed by atoms with van der Waals surface area (Å²) in [5.74, 6) is -0.143. The third kappa shape index (κ3) is 4.02. The van der Waals surface area contributed by atoms with E-state index >= 15 is 0 Å². The molecule has 0 spiro atoms. The average Bonchev–Trinajstić information content (AvgIpc) is 2.62. The molecule has 1 heterocycles. The number of amides is 1. The van der Waals surface area contributed by atoms with Gasteiger partial charge in [-0.25, -0.2) is 0 Å². The van der Waals surface area contributed by atoms with Crippen LogP contribution in [0.1, 0.15) is 16.7 Å². The molecule has 4 nitrogen and oxygen atoms in total. The smallest absolute Gasteiger partial charge is 0.238 e. The fraction of sp³-hybridized carbons (Fsp3) is 0.263. The van der Waals surface area contributed by atoms with Crippen LogP contribution in [0.25, 0.3) is 0 Å². The van der Waals surface area contributed by atoms with Gasteiger partial charge in [0.25, 0.3) is 0 Å². The molecule has 0 saturated carbocycles. The number of rotatable bonds is 5. The third-order valence-corrected chi connectivity index (χ3v) is 4.51. The first-order valence-corrected chi connectivity index (χ1v) is 8.34. The largest absolute Gasteiger partial charge is 0.345 e. The fourth-order valence-corrected chi connectivity index (χ4v) is 3.06. The Labute approximate surface area is 146 Å². The van der Waals surface area contributed by atoms with Gasteiger partial charge in [-0.1, -0.05) is 48.0 Å². The van der Waals surface area contributed by atoms with Crippen LogP contribution in [0.3, 0.4) is 0 Å². The summed E-state index contributed by atoms with van der Waals surface area (Å²) in [6, 6.07) is 14.5. The first-order chi connectivity index (χ1) is 11.7. The van der Waals surface area contributed by atoms with Gasteiger partial charge in [0, 0.05) is 11.6 Å². The highest BCUT2D eigenvalue weighted by molar-refractivity contribution is 6.30. The minimum atomic E-state index is -0.544. The Morgan fingerprint density at radius 3 is 2.62 bits per heavy atom. The topological polar surface area (TPSA) is 58.2 Å². The van der Waals surface area contributed by atoms with Crippen molar-refractivity contribution >= 4 is 23.8 Å². The second-order valence-corrected chi connectivity index (χ2v) is 6.42. The molecule has 1 aliphatic rings. The van der Waals surface area contributed by atoms with Crippen molar-refractivity contribution in [1.82, 2.24) is 10.6 Å². The van der Waals surface area contributed by atoms with Crippen LogP contribution in [0, 0.1) is 0 Å². The van der Waals surface area contributed by atoms with Gasteiger partial charge in [-0.3, -0.25) is 4.79 Å². The number of hydrogen-bond donors (Lipinski definition) is 2. The molecule has 1 aliphatic heterocycles. The predicted molar refractivity (Wildman–Crippen MR) is 93.9 cm³/mol. The first-order valence-electron chi connectivity index (χ1n) is 7.96. The minimum Gasteiger partial charge on any atom is -0.345 e. The van der Waals surface area contributed by atoms with E-state index in [0.29, 0.717) is 24.4 Å². The molecule has 2 atom stereocenters. The van der Waals surface area contributed by atoms with Crippen molar-refractivity contribution in [2.45, 2.75) is 31.5 Å². The molecule has 1 amide bonds. The highest BCUT2D eigenvalue weighted by Gasteiger charge is 2.25. The SMILES string of the molecule is O=CC(Cc1ccc(Cl)cc1)NC(=O)C1Cc2ccccc2CN1. The van der Waals surface area contributed by atoms with Crippen molar-refractivity contribution in [1.29, 1.82) is 0 Å². The molecule has 124 valence electrons. The van der Waals surface area contributed by atoms with E-state index in [1.54, 1.807) is 12.1 Å². The monoisotopic (exact) mass is 342 g/mol. The number of nitrogens with one attached hydrogen (secondary N) is 2. The minimum absolute atomic E-state index is 0.143. The Kier molecular flexibility index (Phi) is 5.28. The van der Waals surface area contributed by atoms with Crippen LogP contribution in [0.4, 0.5) is 0 Å². The highest BCUT2D eigenvalue weighted by atomic mass is 35.5. The molecule has 0 bridgehead atoms. The molecule has 0 aromatic heterocycles. The standard InChI is InChI=1S/C19H19ClN2O2/c20-16-7-5-13(6-8-16)9-17(12-23)22-19(24)18-10-14-3-1-2-4-15(14)11-21-18/h1-8,12,17-18,21H,9-11H2,(H,22,24). The normalized spacial score (nSPS) is 17.6.